The minimum absolute atomic E-state index is 0.0529. The van der Waals surface area contributed by atoms with E-state index in [1.165, 1.54) is 12.1 Å². The molecular weight excluding hydrogens is 263 g/mol. The van der Waals surface area contributed by atoms with Gasteiger partial charge in [-0.25, -0.2) is 9.18 Å². The summed E-state index contributed by atoms with van der Waals surface area (Å²) < 4.78 is 13.8. The van der Waals surface area contributed by atoms with E-state index in [9.17, 15) is 14.0 Å². The number of hydrogen-bond acceptors (Lipinski definition) is 3. The van der Waals surface area contributed by atoms with Crippen molar-refractivity contribution in [1.29, 1.82) is 0 Å². The van der Waals surface area contributed by atoms with Crippen molar-refractivity contribution < 1.29 is 19.1 Å². The Labute approximate surface area is 116 Å². The van der Waals surface area contributed by atoms with E-state index in [1.807, 2.05) is 4.90 Å². The van der Waals surface area contributed by atoms with Crippen LogP contribution >= 0.6 is 0 Å². The van der Waals surface area contributed by atoms with E-state index in [-0.39, 0.29) is 24.1 Å². The van der Waals surface area contributed by atoms with Gasteiger partial charge in [0.1, 0.15) is 5.82 Å². The van der Waals surface area contributed by atoms with Gasteiger partial charge in [0.05, 0.1) is 11.6 Å². The van der Waals surface area contributed by atoms with E-state index in [2.05, 4.69) is 5.32 Å². The van der Waals surface area contributed by atoms with Crippen LogP contribution in [0.4, 0.5) is 4.39 Å². The lowest BCUT2D eigenvalue weighted by Gasteiger charge is -2.23. The smallest absolute Gasteiger partial charge is 0.335 e. The predicted octanol–water partition coefficient (Wildman–Crippen LogP) is 1.23. The van der Waals surface area contributed by atoms with Gasteiger partial charge in [0.2, 0.25) is 5.91 Å². The molecule has 108 valence electrons. The van der Waals surface area contributed by atoms with Crippen LogP contribution in [-0.4, -0.2) is 41.5 Å². The quantitative estimate of drug-likeness (QED) is 0.870. The van der Waals surface area contributed by atoms with Gasteiger partial charge in [-0.2, -0.15) is 0 Å². The fourth-order valence-corrected chi connectivity index (χ4v) is 2.53. The molecule has 1 amide bonds. The Morgan fingerprint density at radius 1 is 1.50 bits per heavy atom. The second-order valence-electron chi connectivity index (χ2n) is 4.85. The van der Waals surface area contributed by atoms with E-state index in [4.69, 9.17) is 5.11 Å². The summed E-state index contributed by atoms with van der Waals surface area (Å²) in [7, 11) is 1.57. The largest absolute Gasteiger partial charge is 0.478 e. The van der Waals surface area contributed by atoms with Crippen LogP contribution in [0.5, 0.6) is 0 Å². The number of likely N-dealkylation sites (N-methyl/N-ethyl adjacent to an activating group) is 1. The van der Waals surface area contributed by atoms with Gasteiger partial charge in [0.15, 0.2) is 0 Å². The zero-order chi connectivity index (χ0) is 14.7. The molecule has 2 rings (SSSR count). The third kappa shape index (κ3) is 2.96. The van der Waals surface area contributed by atoms with Gasteiger partial charge in [-0.3, -0.25) is 9.69 Å². The zero-order valence-corrected chi connectivity index (χ0v) is 11.2. The van der Waals surface area contributed by atoms with Crippen molar-refractivity contribution in [3.63, 3.8) is 0 Å². The molecule has 1 saturated heterocycles. The maximum absolute atomic E-state index is 13.8. The average molecular weight is 280 g/mol. The number of benzene rings is 1. The van der Waals surface area contributed by atoms with Crippen molar-refractivity contribution in [2.45, 2.75) is 25.4 Å². The van der Waals surface area contributed by atoms with Gasteiger partial charge in [-0.05, 0) is 37.6 Å². The highest BCUT2D eigenvalue weighted by molar-refractivity contribution is 5.87. The molecule has 0 aromatic heterocycles. The zero-order valence-electron chi connectivity index (χ0n) is 11.2. The van der Waals surface area contributed by atoms with E-state index in [0.717, 1.165) is 18.9 Å². The first kappa shape index (κ1) is 14.5. The van der Waals surface area contributed by atoms with Gasteiger partial charge in [0, 0.05) is 19.2 Å². The summed E-state index contributed by atoms with van der Waals surface area (Å²) in [4.78, 5) is 24.5. The Morgan fingerprint density at radius 3 is 2.90 bits per heavy atom. The number of amides is 1. The highest BCUT2D eigenvalue weighted by Gasteiger charge is 2.30. The first-order valence-corrected chi connectivity index (χ1v) is 6.50. The Hall–Kier alpha value is -1.95. The number of carboxylic acids is 1. The van der Waals surface area contributed by atoms with E-state index in [0.29, 0.717) is 12.1 Å². The fourth-order valence-electron chi connectivity index (χ4n) is 2.53. The van der Waals surface area contributed by atoms with Crippen LogP contribution in [0.15, 0.2) is 18.2 Å². The van der Waals surface area contributed by atoms with Crippen LogP contribution in [0.2, 0.25) is 0 Å². The Balaban J connectivity index is 2.18. The highest BCUT2D eigenvalue weighted by Crippen LogP contribution is 2.22. The molecule has 1 aliphatic heterocycles. The molecule has 0 spiro atoms. The second-order valence-corrected chi connectivity index (χ2v) is 4.85. The van der Waals surface area contributed by atoms with Gasteiger partial charge in [-0.1, -0.05) is 0 Å². The second kappa shape index (κ2) is 6.00. The Bertz CT molecular complexity index is 533. The van der Waals surface area contributed by atoms with Gasteiger partial charge < -0.3 is 10.4 Å². The van der Waals surface area contributed by atoms with Crippen LogP contribution < -0.4 is 5.32 Å². The van der Waals surface area contributed by atoms with Crippen LogP contribution in [0.1, 0.15) is 28.8 Å². The average Bonchev–Trinajstić information content (AvgIpc) is 2.88. The van der Waals surface area contributed by atoms with E-state index in [1.54, 1.807) is 7.05 Å². The molecule has 2 N–H and O–H groups in total. The van der Waals surface area contributed by atoms with Gasteiger partial charge in [-0.15, -0.1) is 0 Å². The molecule has 1 aromatic carbocycles. The number of carbonyl (C=O) groups excluding carboxylic acids is 1. The Morgan fingerprint density at radius 2 is 2.25 bits per heavy atom. The fraction of sp³-hybridized carbons (Fsp3) is 0.429. The van der Waals surface area contributed by atoms with Crippen molar-refractivity contribution in [2.75, 3.05) is 13.6 Å². The number of aromatic carboxylic acids is 1. The summed E-state index contributed by atoms with van der Waals surface area (Å²) in [5.74, 6) is -1.62. The number of hydrogen-bond donors (Lipinski definition) is 2. The summed E-state index contributed by atoms with van der Waals surface area (Å²) in [6, 6.07) is 3.45. The Kier molecular flexibility index (Phi) is 4.34. The van der Waals surface area contributed by atoms with Crippen LogP contribution in [0.25, 0.3) is 0 Å². The van der Waals surface area contributed by atoms with Crippen molar-refractivity contribution in [1.82, 2.24) is 10.2 Å². The number of rotatable bonds is 4. The van der Waals surface area contributed by atoms with Crippen LogP contribution in [-0.2, 0) is 11.3 Å². The maximum atomic E-state index is 13.8. The molecule has 20 heavy (non-hydrogen) atoms. The molecular formula is C14H17FN2O3. The number of halogens is 1. The molecule has 6 heteroatoms. The first-order chi connectivity index (χ1) is 9.52. The first-order valence-electron chi connectivity index (χ1n) is 6.50. The van der Waals surface area contributed by atoms with Crippen molar-refractivity contribution >= 4 is 11.9 Å². The molecule has 0 saturated carbocycles. The van der Waals surface area contributed by atoms with Crippen LogP contribution in [0, 0.1) is 5.82 Å². The summed E-state index contributed by atoms with van der Waals surface area (Å²) in [6.07, 6.45) is 1.61. The summed E-state index contributed by atoms with van der Waals surface area (Å²) >= 11 is 0. The monoisotopic (exact) mass is 280 g/mol. The minimum atomic E-state index is -1.09. The molecule has 1 fully saturated rings. The molecule has 1 aromatic rings. The summed E-state index contributed by atoms with van der Waals surface area (Å²) in [6.45, 7) is 0.944. The lowest BCUT2D eigenvalue weighted by atomic mass is 10.1. The summed E-state index contributed by atoms with van der Waals surface area (Å²) in [5, 5.41) is 11.5. The molecule has 1 heterocycles. The number of nitrogens with zero attached hydrogens (tertiary/aromatic N) is 1. The maximum Gasteiger partial charge on any atom is 0.335 e. The number of nitrogens with one attached hydrogen (secondary N) is 1. The third-order valence-electron chi connectivity index (χ3n) is 3.58. The van der Waals surface area contributed by atoms with Crippen molar-refractivity contribution in [3.8, 4) is 0 Å². The SMILES string of the molecule is CNC(=O)C1CCCN1Cc1cc(C(=O)O)ccc1F. The standard InChI is InChI=1S/C14H17FN2O3/c1-16-13(18)12-3-2-6-17(12)8-10-7-9(14(19)20)4-5-11(10)15/h4-5,7,12H,2-3,6,8H2,1H3,(H,16,18)(H,19,20). The lowest BCUT2D eigenvalue weighted by Crippen LogP contribution is -2.41. The molecule has 0 bridgehead atoms. The lowest BCUT2D eigenvalue weighted by molar-refractivity contribution is -0.125. The normalized spacial score (nSPS) is 19.0. The molecule has 0 radical (unpaired) electrons. The number of carbonyl (C=O) groups is 2. The van der Waals surface area contributed by atoms with E-state index < -0.39 is 11.8 Å². The molecule has 1 atom stereocenters. The molecule has 1 unspecified atom stereocenters. The number of likely N-dealkylation sites (tertiary alicyclic amines) is 1. The topological polar surface area (TPSA) is 69.6 Å². The summed E-state index contributed by atoms with van der Waals surface area (Å²) in [5.41, 5.74) is 0.359. The third-order valence-corrected chi connectivity index (χ3v) is 3.58. The highest BCUT2D eigenvalue weighted by atomic mass is 19.1. The van der Waals surface area contributed by atoms with Crippen molar-refractivity contribution in [3.05, 3.63) is 35.1 Å². The van der Waals surface area contributed by atoms with Crippen molar-refractivity contribution in [2.24, 2.45) is 0 Å². The molecule has 0 aliphatic carbocycles. The van der Waals surface area contributed by atoms with E-state index >= 15 is 0 Å². The van der Waals surface area contributed by atoms with Gasteiger partial charge in [0.25, 0.3) is 0 Å². The predicted molar refractivity (Wildman–Crippen MR) is 70.9 cm³/mol. The molecule has 1 aliphatic rings. The minimum Gasteiger partial charge on any atom is -0.478 e. The van der Waals surface area contributed by atoms with Gasteiger partial charge >= 0.3 is 5.97 Å². The number of carboxylic acid groups (broad SMARTS) is 1. The molecule has 5 nitrogen and oxygen atoms in total. The van der Waals surface area contributed by atoms with Crippen LogP contribution in [0.3, 0.4) is 0 Å².